The quantitative estimate of drug-likeness (QED) is 0.517. The Morgan fingerprint density at radius 3 is 2.61 bits per heavy atom. The second-order valence-corrected chi connectivity index (χ2v) is 5.04. The monoisotopic (exact) mass is 246 g/mol. The van der Waals surface area contributed by atoms with Crippen LogP contribution in [0, 0.1) is 0 Å². The number of benzene rings is 1. The van der Waals surface area contributed by atoms with E-state index >= 15 is 0 Å². The number of unbranched alkanes of at least 4 members (excludes halogenated alkanes) is 5. The number of esters is 1. The van der Waals surface area contributed by atoms with E-state index < -0.39 is 0 Å². The lowest BCUT2D eigenvalue weighted by Gasteiger charge is -2.10. The van der Waals surface area contributed by atoms with Gasteiger partial charge in [-0.2, -0.15) is 0 Å². The zero-order valence-electron chi connectivity index (χ0n) is 11.2. The van der Waals surface area contributed by atoms with Crippen LogP contribution in [0.3, 0.4) is 0 Å². The zero-order valence-corrected chi connectivity index (χ0v) is 11.2. The van der Waals surface area contributed by atoms with Crippen molar-refractivity contribution in [1.29, 1.82) is 0 Å². The molecule has 1 aromatic rings. The van der Waals surface area contributed by atoms with Crippen molar-refractivity contribution in [3.8, 4) is 0 Å². The molecule has 1 aliphatic rings. The summed E-state index contributed by atoms with van der Waals surface area (Å²) in [7, 11) is 0. The van der Waals surface area contributed by atoms with E-state index in [0.29, 0.717) is 0 Å². The molecule has 18 heavy (non-hydrogen) atoms. The second kappa shape index (κ2) is 6.58. The van der Waals surface area contributed by atoms with Gasteiger partial charge in [-0.05, 0) is 18.9 Å². The number of cyclic esters (lactones) is 1. The van der Waals surface area contributed by atoms with Gasteiger partial charge >= 0.3 is 5.97 Å². The minimum absolute atomic E-state index is 0.000116. The lowest BCUT2D eigenvalue weighted by Crippen LogP contribution is -1.98. The van der Waals surface area contributed by atoms with Gasteiger partial charge in [0.25, 0.3) is 0 Å². The lowest BCUT2D eigenvalue weighted by atomic mass is 10.00. The van der Waals surface area contributed by atoms with Crippen molar-refractivity contribution in [3.05, 3.63) is 35.4 Å². The summed E-state index contributed by atoms with van der Waals surface area (Å²) in [5.41, 5.74) is 1.84. The van der Waals surface area contributed by atoms with Crippen LogP contribution in [-0.2, 0) is 4.74 Å². The summed E-state index contributed by atoms with van der Waals surface area (Å²) in [6.07, 6.45) is 8.61. The maximum Gasteiger partial charge on any atom is 0.339 e. The van der Waals surface area contributed by atoms with Crippen LogP contribution in [0.2, 0.25) is 0 Å². The van der Waals surface area contributed by atoms with E-state index in [0.717, 1.165) is 24.0 Å². The Hall–Kier alpha value is -1.31. The number of carbonyl (C=O) groups is 1. The van der Waals surface area contributed by atoms with Crippen molar-refractivity contribution in [2.75, 3.05) is 0 Å². The van der Waals surface area contributed by atoms with E-state index in [1.807, 2.05) is 24.3 Å². The molecule has 0 N–H and O–H groups in total. The van der Waals surface area contributed by atoms with Gasteiger partial charge < -0.3 is 4.74 Å². The van der Waals surface area contributed by atoms with Crippen molar-refractivity contribution >= 4 is 5.97 Å². The predicted molar refractivity (Wildman–Crippen MR) is 72.6 cm³/mol. The van der Waals surface area contributed by atoms with Gasteiger partial charge in [-0.1, -0.05) is 57.2 Å². The molecule has 98 valence electrons. The molecule has 0 bridgehead atoms. The zero-order chi connectivity index (χ0) is 12.8. The maximum atomic E-state index is 11.6. The molecule has 2 heteroatoms. The number of fused-ring (bicyclic) bond motifs is 1. The van der Waals surface area contributed by atoms with Crippen LogP contribution in [0.15, 0.2) is 24.3 Å². The Morgan fingerprint density at radius 1 is 1.06 bits per heavy atom. The first-order valence-corrected chi connectivity index (χ1v) is 7.13. The SMILES string of the molecule is CCCCCCCCC1OC(=O)c2ccccc21. The molecule has 1 unspecified atom stereocenters. The highest BCUT2D eigenvalue weighted by molar-refractivity contribution is 5.93. The highest BCUT2D eigenvalue weighted by Crippen LogP contribution is 2.34. The van der Waals surface area contributed by atoms with Crippen LogP contribution < -0.4 is 0 Å². The van der Waals surface area contributed by atoms with E-state index in [-0.39, 0.29) is 12.1 Å². The van der Waals surface area contributed by atoms with Gasteiger partial charge in [0.05, 0.1) is 5.56 Å². The number of hydrogen-bond acceptors (Lipinski definition) is 2. The Morgan fingerprint density at radius 2 is 1.78 bits per heavy atom. The third-order valence-electron chi connectivity index (χ3n) is 3.60. The molecule has 0 aliphatic carbocycles. The van der Waals surface area contributed by atoms with Gasteiger partial charge in [-0.15, -0.1) is 0 Å². The summed E-state index contributed by atoms with van der Waals surface area (Å²) in [6, 6.07) is 7.75. The average Bonchev–Trinajstić information content (AvgIpc) is 2.71. The maximum absolute atomic E-state index is 11.6. The highest BCUT2D eigenvalue weighted by Gasteiger charge is 2.29. The minimum atomic E-state index is -0.151. The van der Waals surface area contributed by atoms with E-state index in [4.69, 9.17) is 4.74 Å². The fraction of sp³-hybridized carbons (Fsp3) is 0.562. The van der Waals surface area contributed by atoms with Crippen LogP contribution in [0.5, 0.6) is 0 Å². The Balaban J connectivity index is 1.77. The minimum Gasteiger partial charge on any atom is -0.454 e. The van der Waals surface area contributed by atoms with Crippen molar-refractivity contribution in [1.82, 2.24) is 0 Å². The number of rotatable bonds is 7. The predicted octanol–water partition coefficient (Wildman–Crippen LogP) is 4.65. The Labute approximate surface area is 109 Å². The molecule has 1 atom stereocenters. The molecule has 2 rings (SSSR count). The van der Waals surface area contributed by atoms with Gasteiger partial charge in [0.15, 0.2) is 0 Å². The van der Waals surface area contributed by atoms with E-state index in [2.05, 4.69) is 6.92 Å². The normalized spacial score (nSPS) is 17.6. The van der Waals surface area contributed by atoms with Gasteiger partial charge in [-0.3, -0.25) is 0 Å². The fourth-order valence-electron chi connectivity index (χ4n) is 2.54. The van der Waals surface area contributed by atoms with Crippen LogP contribution in [-0.4, -0.2) is 5.97 Å². The molecule has 0 aromatic heterocycles. The summed E-state index contributed by atoms with van der Waals surface area (Å²) < 4.78 is 5.42. The van der Waals surface area contributed by atoms with Gasteiger partial charge in [0.1, 0.15) is 6.10 Å². The average molecular weight is 246 g/mol. The van der Waals surface area contributed by atoms with Crippen molar-refractivity contribution < 1.29 is 9.53 Å². The summed E-state index contributed by atoms with van der Waals surface area (Å²) in [5, 5.41) is 0. The number of hydrogen-bond donors (Lipinski definition) is 0. The van der Waals surface area contributed by atoms with Crippen molar-refractivity contribution in [2.24, 2.45) is 0 Å². The molecule has 1 aromatic carbocycles. The first-order chi connectivity index (χ1) is 8.83. The van der Waals surface area contributed by atoms with E-state index in [9.17, 15) is 4.79 Å². The fourth-order valence-corrected chi connectivity index (χ4v) is 2.54. The first kappa shape index (κ1) is 13.1. The van der Waals surface area contributed by atoms with Crippen molar-refractivity contribution in [3.63, 3.8) is 0 Å². The summed E-state index contributed by atoms with van der Waals surface area (Å²) in [6.45, 7) is 2.23. The Kier molecular flexibility index (Phi) is 4.80. The lowest BCUT2D eigenvalue weighted by molar-refractivity contribution is 0.0363. The summed E-state index contributed by atoms with van der Waals surface area (Å²) in [5.74, 6) is -0.151. The molecular weight excluding hydrogens is 224 g/mol. The summed E-state index contributed by atoms with van der Waals surface area (Å²) in [4.78, 5) is 11.6. The van der Waals surface area contributed by atoms with Gasteiger partial charge in [0, 0.05) is 5.56 Å². The molecule has 0 radical (unpaired) electrons. The topological polar surface area (TPSA) is 26.3 Å². The van der Waals surface area contributed by atoms with Gasteiger partial charge in [0.2, 0.25) is 0 Å². The second-order valence-electron chi connectivity index (χ2n) is 5.04. The molecule has 0 saturated heterocycles. The molecule has 0 saturated carbocycles. The largest absolute Gasteiger partial charge is 0.454 e. The Bertz CT molecular complexity index is 398. The molecule has 0 amide bonds. The summed E-state index contributed by atoms with van der Waals surface area (Å²) >= 11 is 0. The van der Waals surface area contributed by atoms with Crippen LogP contribution in [0.4, 0.5) is 0 Å². The molecule has 1 aliphatic heterocycles. The molecular formula is C16H22O2. The standard InChI is InChI=1S/C16H22O2/c1-2-3-4-5-6-7-12-15-13-10-8-9-11-14(13)16(17)18-15/h8-11,15H,2-7,12H2,1H3. The number of ether oxygens (including phenoxy) is 1. The first-order valence-electron chi connectivity index (χ1n) is 7.13. The van der Waals surface area contributed by atoms with Crippen molar-refractivity contribution in [2.45, 2.75) is 58.0 Å². The third kappa shape index (κ3) is 3.12. The molecule has 1 heterocycles. The molecule has 0 spiro atoms. The smallest absolute Gasteiger partial charge is 0.339 e. The van der Waals surface area contributed by atoms with Gasteiger partial charge in [-0.25, -0.2) is 4.79 Å². The van der Waals surface area contributed by atoms with Crippen LogP contribution >= 0.6 is 0 Å². The third-order valence-corrected chi connectivity index (χ3v) is 3.60. The molecule has 0 fully saturated rings. The van der Waals surface area contributed by atoms with Crippen LogP contribution in [0.1, 0.15) is 73.9 Å². The van der Waals surface area contributed by atoms with E-state index in [1.54, 1.807) is 0 Å². The molecule has 2 nitrogen and oxygen atoms in total. The highest BCUT2D eigenvalue weighted by atomic mass is 16.5. The van der Waals surface area contributed by atoms with E-state index in [1.165, 1.54) is 32.1 Å². The van der Waals surface area contributed by atoms with Crippen LogP contribution in [0.25, 0.3) is 0 Å². The number of carbonyl (C=O) groups excluding carboxylic acids is 1.